The Kier molecular flexibility index (Phi) is 3.50. The number of benzene rings is 1. The van der Waals surface area contributed by atoms with E-state index in [0.29, 0.717) is 16.8 Å². The summed E-state index contributed by atoms with van der Waals surface area (Å²) in [5, 5.41) is 9.75. The third-order valence-corrected chi connectivity index (χ3v) is 3.71. The van der Waals surface area contributed by atoms with Crippen LogP contribution in [0.15, 0.2) is 22.7 Å². The van der Waals surface area contributed by atoms with E-state index in [1.807, 2.05) is 0 Å². The summed E-state index contributed by atoms with van der Waals surface area (Å²) in [6.45, 7) is 0. The molecule has 1 N–H and O–H groups in total. The minimum Gasteiger partial charge on any atom is -0.392 e. The fraction of sp³-hybridized carbons (Fsp3) is 0.500. The Labute approximate surface area is 106 Å². The summed E-state index contributed by atoms with van der Waals surface area (Å²) in [7, 11) is 0. The molecule has 1 aliphatic rings. The number of hydrogen-bond acceptors (Lipinski definition) is 1. The number of alkyl halides is 3. The van der Waals surface area contributed by atoms with Crippen molar-refractivity contribution in [3.8, 4) is 0 Å². The van der Waals surface area contributed by atoms with Gasteiger partial charge in [-0.1, -0.05) is 22.0 Å². The molecule has 0 aromatic heterocycles. The Hall–Kier alpha value is -0.550. The highest BCUT2D eigenvalue weighted by Gasteiger charge is 2.32. The molecule has 1 aliphatic carbocycles. The van der Waals surface area contributed by atoms with Crippen molar-refractivity contribution in [3.63, 3.8) is 0 Å². The molecule has 0 saturated heterocycles. The maximum atomic E-state index is 12.4. The minimum absolute atomic E-state index is 0.323. The van der Waals surface area contributed by atoms with Gasteiger partial charge >= 0.3 is 6.18 Å². The van der Waals surface area contributed by atoms with Crippen molar-refractivity contribution < 1.29 is 18.3 Å². The molecular weight excluding hydrogens is 297 g/mol. The van der Waals surface area contributed by atoms with Crippen molar-refractivity contribution in [3.05, 3.63) is 33.8 Å². The molecule has 2 rings (SSSR count). The van der Waals surface area contributed by atoms with Gasteiger partial charge in [-0.15, -0.1) is 0 Å². The molecule has 1 aromatic carbocycles. The maximum absolute atomic E-state index is 12.4. The monoisotopic (exact) mass is 308 g/mol. The summed E-state index contributed by atoms with van der Waals surface area (Å²) in [5.41, 5.74) is 0.0476. The molecule has 0 amide bonds. The van der Waals surface area contributed by atoms with Crippen LogP contribution < -0.4 is 0 Å². The fourth-order valence-corrected chi connectivity index (χ4v) is 2.30. The number of aliphatic hydroxyl groups is 1. The van der Waals surface area contributed by atoms with Crippen LogP contribution in [0.3, 0.4) is 0 Å². The quantitative estimate of drug-likeness (QED) is 0.901. The maximum Gasteiger partial charge on any atom is 0.416 e. The summed E-state index contributed by atoms with van der Waals surface area (Å²) in [6.07, 6.45) is -2.33. The average Bonchev–Trinajstić information content (AvgIpc) is 3.02. The molecule has 5 heteroatoms. The van der Waals surface area contributed by atoms with Crippen molar-refractivity contribution in [2.24, 2.45) is 5.92 Å². The van der Waals surface area contributed by atoms with E-state index in [-0.39, 0.29) is 0 Å². The van der Waals surface area contributed by atoms with Crippen LogP contribution in [0.25, 0.3) is 0 Å². The smallest absolute Gasteiger partial charge is 0.392 e. The highest BCUT2D eigenvalue weighted by atomic mass is 79.9. The number of aliphatic hydroxyl groups excluding tert-OH is 1. The molecule has 0 bridgehead atoms. The third kappa shape index (κ3) is 3.22. The van der Waals surface area contributed by atoms with E-state index in [2.05, 4.69) is 15.9 Å². The van der Waals surface area contributed by atoms with E-state index >= 15 is 0 Å². The van der Waals surface area contributed by atoms with E-state index in [9.17, 15) is 18.3 Å². The first kappa shape index (κ1) is 12.9. The molecular formula is C12H12BrF3O. The average molecular weight is 309 g/mol. The Morgan fingerprint density at radius 1 is 1.35 bits per heavy atom. The lowest BCUT2D eigenvalue weighted by molar-refractivity contribution is -0.137. The lowest BCUT2D eigenvalue weighted by Gasteiger charge is -2.13. The molecule has 1 fully saturated rings. The molecule has 1 saturated carbocycles. The van der Waals surface area contributed by atoms with Crippen LogP contribution in [0.1, 0.15) is 24.0 Å². The SMILES string of the molecule is OC(Cc1ccc(C(F)(F)F)cc1Br)C1CC1. The third-order valence-electron chi connectivity index (χ3n) is 2.98. The van der Waals surface area contributed by atoms with Gasteiger partial charge < -0.3 is 5.11 Å². The second kappa shape index (κ2) is 4.61. The van der Waals surface area contributed by atoms with E-state index in [1.54, 1.807) is 0 Å². The Morgan fingerprint density at radius 3 is 2.47 bits per heavy atom. The van der Waals surface area contributed by atoms with Crippen LogP contribution >= 0.6 is 15.9 Å². The largest absolute Gasteiger partial charge is 0.416 e. The van der Waals surface area contributed by atoms with E-state index in [4.69, 9.17) is 0 Å². The molecule has 0 aliphatic heterocycles. The predicted octanol–water partition coefficient (Wildman–Crippen LogP) is 3.78. The second-order valence-corrected chi connectivity index (χ2v) is 5.27. The molecule has 1 nitrogen and oxygen atoms in total. The highest BCUT2D eigenvalue weighted by molar-refractivity contribution is 9.10. The first-order valence-corrected chi connectivity index (χ1v) is 6.21. The van der Waals surface area contributed by atoms with Crippen molar-refractivity contribution in [1.29, 1.82) is 0 Å². The van der Waals surface area contributed by atoms with Crippen molar-refractivity contribution in [2.75, 3.05) is 0 Å². The first-order valence-electron chi connectivity index (χ1n) is 5.41. The molecule has 0 radical (unpaired) electrons. The summed E-state index contributed by atoms with van der Waals surface area (Å²) in [4.78, 5) is 0. The molecule has 1 aromatic rings. The molecule has 17 heavy (non-hydrogen) atoms. The zero-order valence-corrected chi connectivity index (χ0v) is 10.6. The van der Waals surface area contributed by atoms with E-state index < -0.39 is 17.8 Å². The van der Waals surface area contributed by atoms with Gasteiger partial charge in [-0.3, -0.25) is 0 Å². The number of halogens is 4. The van der Waals surface area contributed by atoms with Gasteiger partial charge in [0.15, 0.2) is 0 Å². The van der Waals surface area contributed by atoms with Crippen LogP contribution in [-0.2, 0) is 12.6 Å². The predicted molar refractivity (Wildman–Crippen MR) is 61.6 cm³/mol. The second-order valence-electron chi connectivity index (χ2n) is 4.41. The molecule has 0 heterocycles. The van der Waals surface area contributed by atoms with Crippen LogP contribution in [0, 0.1) is 5.92 Å². The van der Waals surface area contributed by atoms with Gasteiger partial charge in [0.25, 0.3) is 0 Å². The lowest BCUT2D eigenvalue weighted by Crippen LogP contribution is -2.13. The summed E-state index contributed by atoms with van der Waals surface area (Å²) in [6, 6.07) is 3.55. The topological polar surface area (TPSA) is 20.2 Å². The van der Waals surface area contributed by atoms with Crippen LogP contribution in [0.2, 0.25) is 0 Å². The Balaban J connectivity index is 2.13. The normalized spacial score (nSPS) is 18.2. The van der Waals surface area contributed by atoms with Crippen LogP contribution in [-0.4, -0.2) is 11.2 Å². The van der Waals surface area contributed by atoms with Gasteiger partial charge in [0, 0.05) is 4.47 Å². The van der Waals surface area contributed by atoms with Gasteiger partial charge in [0.1, 0.15) is 0 Å². The van der Waals surface area contributed by atoms with Gasteiger partial charge in [-0.2, -0.15) is 13.2 Å². The van der Waals surface area contributed by atoms with Crippen molar-refractivity contribution in [1.82, 2.24) is 0 Å². The molecule has 0 spiro atoms. The first-order chi connectivity index (χ1) is 7.88. The van der Waals surface area contributed by atoms with Gasteiger partial charge in [-0.05, 0) is 42.9 Å². The summed E-state index contributed by atoms with van der Waals surface area (Å²) >= 11 is 3.13. The standard InChI is InChI=1S/C12H12BrF3O/c13-10-6-9(12(14,15)16)4-3-8(10)5-11(17)7-1-2-7/h3-4,6-7,11,17H,1-2,5H2. The molecule has 94 valence electrons. The van der Waals surface area contributed by atoms with Gasteiger partial charge in [-0.25, -0.2) is 0 Å². The fourth-order valence-electron chi connectivity index (χ4n) is 1.76. The highest BCUT2D eigenvalue weighted by Crippen LogP contribution is 2.36. The van der Waals surface area contributed by atoms with Crippen LogP contribution in [0.4, 0.5) is 13.2 Å². The molecule has 1 atom stereocenters. The van der Waals surface area contributed by atoms with E-state index in [0.717, 1.165) is 30.5 Å². The Bertz CT molecular complexity index is 413. The van der Waals surface area contributed by atoms with Crippen molar-refractivity contribution >= 4 is 15.9 Å². The molecule has 1 unspecified atom stereocenters. The summed E-state index contributed by atoms with van der Waals surface area (Å²) < 4.78 is 37.7. The number of rotatable bonds is 3. The zero-order chi connectivity index (χ0) is 12.6. The van der Waals surface area contributed by atoms with Gasteiger partial charge in [0.2, 0.25) is 0 Å². The van der Waals surface area contributed by atoms with E-state index in [1.165, 1.54) is 6.07 Å². The summed E-state index contributed by atoms with van der Waals surface area (Å²) in [5.74, 6) is 0.323. The van der Waals surface area contributed by atoms with Crippen LogP contribution in [0.5, 0.6) is 0 Å². The minimum atomic E-state index is -4.32. The zero-order valence-electron chi connectivity index (χ0n) is 8.97. The Morgan fingerprint density at radius 2 is 2.00 bits per heavy atom. The van der Waals surface area contributed by atoms with Crippen molar-refractivity contribution in [2.45, 2.75) is 31.5 Å². The lowest BCUT2D eigenvalue weighted by atomic mass is 10.0. The number of hydrogen-bond donors (Lipinski definition) is 1. The van der Waals surface area contributed by atoms with Gasteiger partial charge in [0.05, 0.1) is 11.7 Å².